The molecule has 2 aliphatic rings. The Labute approximate surface area is 179 Å². The molecule has 1 heterocycles. The minimum Gasteiger partial charge on any atom is -0.400 e. The zero-order valence-electron chi connectivity index (χ0n) is 18.2. The quantitative estimate of drug-likeness (QED) is 0.560. The van der Waals surface area contributed by atoms with Crippen LogP contribution in [0.15, 0.2) is 36.4 Å². The van der Waals surface area contributed by atoms with Crippen LogP contribution in [0.25, 0.3) is 0 Å². The molecule has 3 rings (SSSR count). The molecule has 1 aliphatic carbocycles. The van der Waals surface area contributed by atoms with Crippen LogP contribution in [0.4, 0.5) is 4.39 Å². The molecule has 1 aromatic carbocycles. The topological polar surface area (TPSA) is 43.8 Å². The lowest BCUT2D eigenvalue weighted by Crippen LogP contribution is -2.46. The summed E-state index contributed by atoms with van der Waals surface area (Å²) in [5, 5.41) is 7.42. The molecule has 1 amide bonds. The van der Waals surface area contributed by atoms with E-state index in [0.717, 1.165) is 38.6 Å². The number of likely N-dealkylation sites (tertiary alicyclic amines) is 1. The van der Waals surface area contributed by atoms with Gasteiger partial charge in [0.25, 0.3) is 0 Å². The van der Waals surface area contributed by atoms with Gasteiger partial charge >= 0.3 is 0 Å². The highest BCUT2D eigenvalue weighted by atomic mass is 32.2. The number of allylic oxidation sites excluding steroid dienone is 1. The second kappa shape index (κ2) is 11.1. The molecule has 3 unspecified atom stereocenters. The maximum absolute atomic E-state index is 13.2. The molecule has 0 saturated carbocycles. The fourth-order valence-corrected chi connectivity index (χ4v) is 5.32. The Morgan fingerprint density at radius 1 is 1.21 bits per heavy atom. The van der Waals surface area contributed by atoms with Gasteiger partial charge in [-0.05, 0) is 56.3 Å². The highest BCUT2D eigenvalue weighted by Crippen LogP contribution is 2.39. The maximum atomic E-state index is 13.2. The first-order chi connectivity index (χ1) is 13.8. The minimum atomic E-state index is -0.194. The SMILES string of the molecule is CC(C)C(=O)N1CCC2C=CC(SN(C)[C@@H](C)c3ccc(F)cc3)CC2C1.CO. The fourth-order valence-electron chi connectivity index (χ4n) is 4.10. The van der Waals surface area contributed by atoms with Gasteiger partial charge in [-0.1, -0.05) is 50.1 Å². The fraction of sp³-hybridized carbons (Fsp3) is 0.609. The Bertz CT molecular complexity index is 680. The standard InChI is InChI=1S/C22H31FN2OS.CH4O/c1-15(2)22(26)25-12-11-18-7-10-21(13-19(18)14-25)27-24(4)16(3)17-5-8-20(23)9-6-17;1-2/h5-10,15-16,18-19,21H,11-14H2,1-4H3;2H,1H3/t16-,18?,19?,21?;/m0./s1. The van der Waals surface area contributed by atoms with Gasteiger partial charge in [0.05, 0.1) is 0 Å². The van der Waals surface area contributed by atoms with Crippen LogP contribution in [0.1, 0.15) is 45.2 Å². The van der Waals surface area contributed by atoms with E-state index in [1.54, 1.807) is 0 Å². The summed E-state index contributed by atoms with van der Waals surface area (Å²) in [6.45, 7) is 7.90. The number of aliphatic hydroxyl groups is 1. The van der Waals surface area contributed by atoms with Gasteiger partial charge in [-0.2, -0.15) is 0 Å². The van der Waals surface area contributed by atoms with Crippen molar-refractivity contribution in [2.75, 3.05) is 27.2 Å². The largest absolute Gasteiger partial charge is 0.400 e. The van der Waals surface area contributed by atoms with Gasteiger partial charge in [-0.25, -0.2) is 8.70 Å². The molecule has 0 bridgehead atoms. The van der Waals surface area contributed by atoms with E-state index in [0.29, 0.717) is 17.1 Å². The third kappa shape index (κ3) is 6.30. The van der Waals surface area contributed by atoms with Crippen molar-refractivity contribution in [3.8, 4) is 0 Å². The molecule has 4 atom stereocenters. The predicted molar refractivity (Wildman–Crippen MR) is 119 cm³/mol. The van der Waals surface area contributed by atoms with Crippen molar-refractivity contribution in [3.63, 3.8) is 0 Å². The number of amides is 1. The Balaban J connectivity index is 0.00000145. The lowest BCUT2D eigenvalue weighted by atomic mass is 9.78. The van der Waals surface area contributed by atoms with Gasteiger partial charge in [0.1, 0.15) is 5.82 Å². The van der Waals surface area contributed by atoms with Gasteiger partial charge < -0.3 is 10.0 Å². The smallest absolute Gasteiger partial charge is 0.225 e. The Morgan fingerprint density at radius 3 is 2.48 bits per heavy atom. The summed E-state index contributed by atoms with van der Waals surface area (Å²) in [6.07, 6.45) is 6.91. The van der Waals surface area contributed by atoms with Crippen molar-refractivity contribution in [1.29, 1.82) is 0 Å². The van der Waals surface area contributed by atoms with E-state index in [9.17, 15) is 9.18 Å². The first-order valence-electron chi connectivity index (χ1n) is 10.4. The third-order valence-corrected chi connectivity index (χ3v) is 7.17. The zero-order chi connectivity index (χ0) is 21.6. The van der Waals surface area contributed by atoms with Crippen molar-refractivity contribution >= 4 is 17.9 Å². The number of benzene rings is 1. The number of nitrogens with zero attached hydrogens (tertiary/aromatic N) is 2. The molecule has 0 spiro atoms. The van der Waals surface area contributed by atoms with E-state index in [-0.39, 0.29) is 23.7 Å². The van der Waals surface area contributed by atoms with Crippen LogP contribution in [0.3, 0.4) is 0 Å². The minimum absolute atomic E-state index is 0.0774. The second-order valence-electron chi connectivity index (χ2n) is 8.19. The second-order valence-corrected chi connectivity index (χ2v) is 9.58. The third-order valence-electron chi connectivity index (χ3n) is 5.91. The van der Waals surface area contributed by atoms with Crippen LogP contribution >= 0.6 is 11.9 Å². The highest BCUT2D eigenvalue weighted by molar-refractivity contribution is 7.97. The number of hydrogen-bond acceptors (Lipinski definition) is 4. The molecule has 1 aromatic rings. The molecular weight excluding hydrogens is 387 g/mol. The molecular formula is C23H35FN2O2S. The molecule has 162 valence electrons. The summed E-state index contributed by atoms with van der Waals surface area (Å²) in [5.41, 5.74) is 1.12. The summed E-state index contributed by atoms with van der Waals surface area (Å²) in [4.78, 5) is 14.4. The molecule has 0 aromatic heterocycles. The summed E-state index contributed by atoms with van der Waals surface area (Å²) < 4.78 is 15.4. The lowest BCUT2D eigenvalue weighted by molar-refractivity contribution is -0.136. The van der Waals surface area contributed by atoms with Crippen LogP contribution in [0.5, 0.6) is 0 Å². The van der Waals surface area contributed by atoms with Crippen molar-refractivity contribution in [3.05, 3.63) is 47.8 Å². The number of carbonyl (C=O) groups excluding carboxylic acids is 1. The lowest BCUT2D eigenvalue weighted by Gasteiger charge is -2.42. The average Bonchev–Trinajstić information content (AvgIpc) is 2.74. The van der Waals surface area contributed by atoms with E-state index < -0.39 is 0 Å². The molecule has 1 N–H and O–H groups in total. The van der Waals surface area contributed by atoms with E-state index in [1.807, 2.05) is 37.9 Å². The number of aliphatic hydroxyl groups excluding tert-OH is 1. The van der Waals surface area contributed by atoms with Crippen molar-refractivity contribution in [1.82, 2.24) is 9.21 Å². The maximum Gasteiger partial charge on any atom is 0.225 e. The van der Waals surface area contributed by atoms with Crippen LogP contribution in [-0.4, -0.2) is 52.7 Å². The zero-order valence-corrected chi connectivity index (χ0v) is 19.0. The van der Waals surface area contributed by atoms with Gasteiger partial charge in [0.2, 0.25) is 5.91 Å². The van der Waals surface area contributed by atoms with E-state index in [4.69, 9.17) is 5.11 Å². The number of halogens is 1. The summed E-state index contributed by atoms with van der Waals surface area (Å²) in [6, 6.07) is 6.99. The van der Waals surface area contributed by atoms with Crippen LogP contribution < -0.4 is 0 Å². The number of carbonyl (C=O) groups is 1. The molecule has 29 heavy (non-hydrogen) atoms. The van der Waals surface area contributed by atoms with Crippen LogP contribution in [0, 0.1) is 23.6 Å². The average molecular weight is 423 g/mol. The van der Waals surface area contributed by atoms with E-state index in [2.05, 4.69) is 35.3 Å². The van der Waals surface area contributed by atoms with Crippen molar-refractivity contribution in [2.24, 2.45) is 17.8 Å². The van der Waals surface area contributed by atoms with Crippen molar-refractivity contribution in [2.45, 2.75) is 44.9 Å². The molecule has 4 nitrogen and oxygen atoms in total. The van der Waals surface area contributed by atoms with Crippen LogP contribution in [-0.2, 0) is 4.79 Å². The summed E-state index contributed by atoms with van der Waals surface area (Å²) in [7, 11) is 3.11. The van der Waals surface area contributed by atoms with Crippen molar-refractivity contribution < 1.29 is 14.3 Å². The Morgan fingerprint density at radius 2 is 1.86 bits per heavy atom. The van der Waals surface area contributed by atoms with Gasteiger partial charge in [0, 0.05) is 37.4 Å². The van der Waals surface area contributed by atoms with Crippen LogP contribution in [0.2, 0.25) is 0 Å². The molecule has 1 aliphatic heterocycles. The predicted octanol–water partition coefficient (Wildman–Crippen LogP) is 4.52. The summed E-state index contributed by atoms with van der Waals surface area (Å²) in [5.74, 6) is 1.33. The first-order valence-corrected chi connectivity index (χ1v) is 11.3. The molecule has 6 heteroatoms. The number of rotatable bonds is 5. The Kier molecular flexibility index (Phi) is 9.18. The number of fused-ring (bicyclic) bond motifs is 1. The Hall–Kier alpha value is -1.37. The molecule has 1 fully saturated rings. The summed E-state index contributed by atoms with van der Waals surface area (Å²) >= 11 is 1.85. The highest BCUT2D eigenvalue weighted by Gasteiger charge is 2.35. The van der Waals surface area contributed by atoms with E-state index >= 15 is 0 Å². The number of piperidine rings is 1. The van der Waals surface area contributed by atoms with Gasteiger partial charge in [0.15, 0.2) is 0 Å². The van der Waals surface area contributed by atoms with Gasteiger partial charge in [-0.15, -0.1) is 0 Å². The molecule has 1 saturated heterocycles. The number of hydrogen-bond donors (Lipinski definition) is 1. The normalized spacial score (nSPS) is 24.7. The van der Waals surface area contributed by atoms with E-state index in [1.165, 1.54) is 12.1 Å². The monoisotopic (exact) mass is 422 g/mol. The van der Waals surface area contributed by atoms with Gasteiger partial charge in [-0.3, -0.25) is 4.79 Å². The first kappa shape index (κ1) is 23.9. The molecule has 0 radical (unpaired) electrons.